The summed E-state index contributed by atoms with van der Waals surface area (Å²) in [6.45, 7) is 6.48. The van der Waals surface area contributed by atoms with Gasteiger partial charge in [0.2, 0.25) is 0 Å². The summed E-state index contributed by atoms with van der Waals surface area (Å²) >= 11 is 1.81. The summed E-state index contributed by atoms with van der Waals surface area (Å²) < 4.78 is 0. The Balaban J connectivity index is 0.00000133. The molecule has 19 heavy (non-hydrogen) atoms. The molecule has 0 radical (unpaired) electrons. The van der Waals surface area contributed by atoms with Crippen molar-refractivity contribution in [2.24, 2.45) is 0 Å². The molecular weight excluding hydrogens is 278 g/mol. The fourth-order valence-corrected chi connectivity index (χ4v) is 3.59. The van der Waals surface area contributed by atoms with E-state index in [4.69, 9.17) is 4.98 Å². The minimum absolute atomic E-state index is 0. The Labute approximate surface area is 124 Å². The van der Waals surface area contributed by atoms with Gasteiger partial charge in [-0.15, -0.1) is 23.7 Å². The number of thiophene rings is 1. The van der Waals surface area contributed by atoms with E-state index in [1.54, 1.807) is 0 Å². The number of halogens is 1. The van der Waals surface area contributed by atoms with Crippen molar-refractivity contribution < 1.29 is 0 Å². The average molecular weight is 298 g/mol. The number of aromatic nitrogens is 2. The van der Waals surface area contributed by atoms with Gasteiger partial charge in [-0.05, 0) is 38.7 Å². The van der Waals surface area contributed by atoms with Crippen LogP contribution in [0, 0.1) is 6.92 Å². The maximum absolute atomic E-state index is 4.69. The standard InChI is InChI=1S/C14H19N3S.ClH/c1-3-11-9-12-13(17-7-5-4-6-8-17)15-10(2)16-14(12)18-11;/h9H,3-8H2,1-2H3;1H. The molecule has 0 aromatic carbocycles. The smallest absolute Gasteiger partial charge is 0.141 e. The van der Waals surface area contributed by atoms with Gasteiger partial charge in [0.05, 0.1) is 5.39 Å². The zero-order chi connectivity index (χ0) is 12.5. The van der Waals surface area contributed by atoms with Gasteiger partial charge in [0.25, 0.3) is 0 Å². The number of hydrogen-bond donors (Lipinski definition) is 0. The van der Waals surface area contributed by atoms with Crippen LogP contribution in [0.4, 0.5) is 5.82 Å². The van der Waals surface area contributed by atoms with E-state index in [9.17, 15) is 0 Å². The van der Waals surface area contributed by atoms with Gasteiger partial charge >= 0.3 is 0 Å². The third-order valence-corrected chi connectivity index (χ3v) is 4.71. The van der Waals surface area contributed by atoms with Crippen LogP contribution in [-0.4, -0.2) is 23.1 Å². The van der Waals surface area contributed by atoms with E-state index in [1.165, 1.54) is 29.5 Å². The third-order valence-electron chi connectivity index (χ3n) is 3.54. The highest BCUT2D eigenvalue weighted by Crippen LogP contribution is 2.32. The molecule has 0 amide bonds. The van der Waals surface area contributed by atoms with E-state index in [-0.39, 0.29) is 12.4 Å². The molecule has 3 nitrogen and oxygen atoms in total. The normalized spacial score (nSPS) is 15.6. The zero-order valence-electron chi connectivity index (χ0n) is 11.5. The van der Waals surface area contributed by atoms with Crippen LogP contribution in [0.25, 0.3) is 10.2 Å². The van der Waals surface area contributed by atoms with Crippen molar-refractivity contribution in [2.75, 3.05) is 18.0 Å². The second-order valence-electron chi connectivity index (χ2n) is 4.93. The topological polar surface area (TPSA) is 29.0 Å². The number of fused-ring (bicyclic) bond motifs is 1. The zero-order valence-corrected chi connectivity index (χ0v) is 13.1. The van der Waals surface area contributed by atoms with Crippen LogP contribution in [0.2, 0.25) is 0 Å². The highest BCUT2D eigenvalue weighted by molar-refractivity contribution is 7.18. The van der Waals surface area contributed by atoms with Crippen molar-refractivity contribution in [3.8, 4) is 0 Å². The molecule has 0 unspecified atom stereocenters. The van der Waals surface area contributed by atoms with Crippen LogP contribution < -0.4 is 4.90 Å². The lowest BCUT2D eigenvalue weighted by Gasteiger charge is -2.28. The number of piperidine rings is 1. The first-order valence-corrected chi connectivity index (χ1v) is 7.61. The predicted octanol–water partition coefficient (Wildman–Crippen LogP) is 3.97. The summed E-state index contributed by atoms with van der Waals surface area (Å²) in [7, 11) is 0. The van der Waals surface area contributed by atoms with Crippen molar-refractivity contribution in [2.45, 2.75) is 39.5 Å². The van der Waals surface area contributed by atoms with Crippen molar-refractivity contribution in [3.05, 3.63) is 16.8 Å². The number of nitrogens with zero attached hydrogens (tertiary/aromatic N) is 3. The number of hydrogen-bond acceptors (Lipinski definition) is 4. The molecule has 0 atom stereocenters. The van der Waals surface area contributed by atoms with Crippen LogP contribution in [-0.2, 0) is 6.42 Å². The Kier molecular flexibility index (Phi) is 4.63. The van der Waals surface area contributed by atoms with E-state index in [1.807, 2.05) is 18.3 Å². The van der Waals surface area contributed by atoms with Gasteiger partial charge in [-0.2, -0.15) is 0 Å². The molecule has 1 saturated heterocycles. The quantitative estimate of drug-likeness (QED) is 0.840. The highest BCUT2D eigenvalue weighted by atomic mass is 35.5. The van der Waals surface area contributed by atoms with E-state index in [0.29, 0.717) is 0 Å². The lowest BCUT2D eigenvalue weighted by molar-refractivity contribution is 0.574. The average Bonchev–Trinajstić information content (AvgIpc) is 2.81. The van der Waals surface area contributed by atoms with Crippen LogP contribution in [0.1, 0.15) is 36.9 Å². The molecule has 3 rings (SSSR count). The number of anilines is 1. The van der Waals surface area contributed by atoms with Crippen molar-refractivity contribution in [1.82, 2.24) is 9.97 Å². The largest absolute Gasteiger partial charge is 0.356 e. The summed E-state index contributed by atoms with van der Waals surface area (Å²) in [6.07, 6.45) is 5.01. The fourth-order valence-electron chi connectivity index (χ4n) is 2.58. The molecule has 0 aliphatic carbocycles. The molecule has 1 fully saturated rings. The first-order valence-electron chi connectivity index (χ1n) is 6.80. The Morgan fingerprint density at radius 3 is 2.63 bits per heavy atom. The summed E-state index contributed by atoms with van der Waals surface area (Å²) in [6, 6.07) is 2.28. The molecule has 0 bridgehead atoms. The molecule has 0 N–H and O–H groups in total. The second kappa shape index (κ2) is 6.06. The van der Waals surface area contributed by atoms with Gasteiger partial charge in [0, 0.05) is 18.0 Å². The molecule has 104 valence electrons. The van der Waals surface area contributed by atoms with Crippen LogP contribution >= 0.6 is 23.7 Å². The van der Waals surface area contributed by atoms with Crippen LogP contribution in [0.3, 0.4) is 0 Å². The minimum atomic E-state index is 0. The summed E-state index contributed by atoms with van der Waals surface area (Å²) in [5.41, 5.74) is 0. The molecule has 0 spiro atoms. The van der Waals surface area contributed by atoms with Gasteiger partial charge < -0.3 is 4.90 Å². The maximum Gasteiger partial charge on any atom is 0.141 e. The molecule has 0 saturated carbocycles. The first kappa shape index (κ1) is 14.5. The van der Waals surface area contributed by atoms with Crippen LogP contribution in [0.5, 0.6) is 0 Å². The molecule has 1 aliphatic heterocycles. The SMILES string of the molecule is CCc1cc2c(N3CCCCC3)nc(C)nc2s1.Cl. The maximum atomic E-state index is 4.69. The minimum Gasteiger partial charge on any atom is -0.356 e. The highest BCUT2D eigenvalue weighted by Gasteiger charge is 2.17. The van der Waals surface area contributed by atoms with Gasteiger partial charge in [-0.3, -0.25) is 0 Å². The number of aryl methyl sites for hydroxylation is 2. The summed E-state index contributed by atoms with van der Waals surface area (Å²) in [4.78, 5) is 14.3. The first-order chi connectivity index (χ1) is 8.78. The molecule has 3 heterocycles. The molecular formula is C14H20ClN3S. The Hall–Kier alpha value is -0.870. The summed E-state index contributed by atoms with van der Waals surface area (Å²) in [5.74, 6) is 2.06. The number of rotatable bonds is 2. The van der Waals surface area contributed by atoms with Crippen molar-refractivity contribution in [3.63, 3.8) is 0 Å². The Bertz CT molecular complexity index is 561. The van der Waals surface area contributed by atoms with Gasteiger partial charge in [0.15, 0.2) is 0 Å². The van der Waals surface area contributed by atoms with Gasteiger partial charge in [-0.25, -0.2) is 9.97 Å². The fraction of sp³-hybridized carbons (Fsp3) is 0.571. The van der Waals surface area contributed by atoms with E-state index < -0.39 is 0 Å². The monoisotopic (exact) mass is 297 g/mol. The van der Waals surface area contributed by atoms with E-state index in [2.05, 4.69) is 22.9 Å². The van der Waals surface area contributed by atoms with E-state index in [0.717, 1.165) is 36.0 Å². The van der Waals surface area contributed by atoms with Crippen molar-refractivity contribution >= 4 is 39.8 Å². The van der Waals surface area contributed by atoms with Gasteiger partial charge in [0.1, 0.15) is 16.5 Å². The van der Waals surface area contributed by atoms with Gasteiger partial charge in [-0.1, -0.05) is 6.92 Å². The van der Waals surface area contributed by atoms with Crippen molar-refractivity contribution in [1.29, 1.82) is 0 Å². The Morgan fingerprint density at radius 2 is 1.95 bits per heavy atom. The molecule has 2 aromatic heterocycles. The van der Waals surface area contributed by atoms with Crippen LogP contribution in [0.15, 0.2) is 6.07 Å². The lowest BCUT2D eigenvalue weighted by atomic mass is 10.1. The lowest BCUT2D eigenvalue weighted by Crippen LogP contribution is -2.30. The molecule has 5 heteroatoms. The third kappa shape index (κ3) is 2.84. The second-order valence-corrected chi connectivity index (χ2v) is 6.04. The molecule has 1 aliphatic rings. The summed E-state index contributed by atoms with van der Waals surface area (Å²) in [5, 5.41) is 1.25. The predicted molar refractivity (Wildman–Crippen MR) is 84.8 cm³/mol. The molecule has 2 aromatic rings. The van der Waals surface area contributed by atoms with E-state index >= 15 is 0 Å². The Morgan fingerprint density at radius 1 is 1.21 bits per heavy atom.